The summed E-state index contributed by atoms with van der Waals surface area (Å²) in [6.07, 6.45) is 1.59. The Morgan fingerprint density at radius 1 is 1.38 bits per heavy atom. The number of halogens is 1. The highest BCUT2D eigenvalue weighted by atomic mass is 35.5. The third-order valence-electron chi connectivity index (χ3n) is 3.32. The number of carbonyl (C=O) groups excluding carboxylic acids is 1. The summed E-state index contributed by atoms with van der Waals surface area (Å²) in [5.74, 6) is 0.679. The van der Waals surface area contributed by atoms with E-state index in [0.29, 0.717) is 23.7 Å². The van der Waals surface area contributed by atoms with Crippen LogP contribution in [0.3, 0.4) is 0 Å². The highest BCUT2D eigenvalue weighted by Crippen LogP contribution is 2.15. The smallest absolute Gasteiger partial charge is 0.257 e. The molecule has 0 saturated carbocycles. The minimum Gasteiger partial charge on any atom is -0.492 e. The molecule has 5 nitrogen and oxygen atoms in total. The van der Waals surface area contributed by atoms with Gasteiger partial charge in [-0.1, -0.05) is 11.6 Å². The molecule has 0 aliphatic carbocycles. The molecule has 0 saturated heterocycles. The zero-order valence-electron chi connectivity index (χ0n) is 12.3. The predicted octanol–water partition coefficient (Wildman–Crippen LogP) is 2.53. The third kappa shape index (κ3) is 3.76. The standard InChI is InChI=1S/C15H18ClN3O2/c1-11-14(10-17-19(11)3)15(20)18(2)8-9-21-13-6-4-12(16)5-7-13/h4-7,10H,8-9H2,1-3H3. The summed E-state index contributed by atoms with van der Waals surface area (Å²) in [5.41, 5.74) is 1.47. The summed E-state index contributed by atoms with van der Waals surface area (Å²) in [4.78, 5) is 13.9. The Bertz CT molecular complexity index is 622. The Morgan fingerprint density at radius 3 is 2.62 bits per heavy atom. The van der Waals surface area contributed by atoms with Crippen molar-refractivity contribution in [2.75, 3.05) is 20.2 Å². The normalized spacial score (nSPS) is 10.5. The maximum atomic E-state index is 12.3. The maximum absolute atomic E-state index is 12.3. The second-order valence-corrected chi connectivity index (χ2v) is 5.23. The van der Waals surface area contributed by atoms with Gasteiger partial charge in [0.1, 0.15) is 12.4 Å². The van der Waals surface area contributed by atoms with Crippen LogP contribution in [0.15, 0.2) is 30.5 Å². The number of rotatable bonds is 5. The molecule has 1 heterocycles. The summed E-state index contributed by atoms with van der Waals surface area (Å²) < 4.78 is 7.27. The van der Waals surface area contributed by atoms with Crippen LogP contribution in [0.4, 0.5) is 0 Å². The molecule has 2 rings (SSSR count). The highest BCUT2D eigenvalue weighted by molar-refractivity contribution is 6.30. The number of ether oxygens (including phenoxy) is 1. The largest absolute Gasteiger partial charge is 0.492 e. The van der Waals surface area contributed by atoms with E-state index in [1.54, 1.807) is 47.1 Å². The molecule has 112 valence electrons. The van der Waals surface area contributed by atoms with Gasteiger partial charge in [0.15, 0.2) is 0 Å². The van der Waals surface area contributed by atoms with E-state index in [0.717, 1.165) is 11.4 Å². The molecule has 0 atom stereocenters. The van der Waals surface area contributed by atoms with Crippen LogP contribution in [0, 0.1) is 6.92 Å². The van der Waals surface area contributed by atoms with Crippen LogP contribution in [-0.4, -0.2) is 40.8 Å². The summed E-state index contributed by atoms with van der Waals surface area (Å²) >= 11 is 5.81. The van der Waals surface area contributed by atoms with Crippen LogP contribution in [-0.2, 0) is 7.05 Å². The van der Waals surface area contributed by atoms with Gasteiger partial charge in [-0.15, -0.1) is 0 Å². The van der Waals surface area contributed by atoms with Crippen LogP contribution in [0.1, 0.15) is 16.1 Å². The van der Waals surface area contributed by atoms with Crippen molar-refractivity contribution in [2.24, 2.45) is 7.05 Å². The first kappa shape index (κ1) is 15.4. The lowest BCUT2D eigenvalue weighted by Crippen LogP contribution is -2.31. The molecule has 0 aliphatic heterocycles. The molecule has 1 aromatic carbocycles. The van der Waals surface area contributed by atoms with Crippen molar-refractivity contribution in [3.8, 4) is 5.75 Å². The molecule has 0 radical (unpaired) electrons. The number of carbonyl (C=O) groups is 1. The Kier molecular flexibility index (Phi) is 4.85. The molecule has 0 N–H and O–H groups in total. The van der Waals surface area contributed by atoms with Crippen molar-refractivity contribution in [1.82, 2.24) is 14.7 Å². The minimum absolute atomic E-state index is 0.0553. The number of hydrogen-bond acceptors (Lipinski definition) is 3. The monoisotopic (exact) mass is 307 g/mol. The molecule has 1 amide bonds. The molecule has 2 aromatic rings. The Balaban J connectivity index is 1.87. The third-order valence-corrected chi connectivity index (χ3v) is 3.57. The highest BCUT2D eigenvalue weighted by Gasteiger charge is 2.16. The number of nitrogens with zero attached hydrogens (tertiary/aromatic N) is 3. The second kappa shape index (κ2) is 6.63. The number of aromatic nitrogens is 2. The average Bonchev–Trinajstić information content (AvgIpc) is 2.80. The van der Waals surface area contributed by atoms with Crippen LogP contribution in [0.25, 0.3) is 0 Å². The van der Waals surface area contributed by atoms with Crippen molar-refractivity contribution in [3.05, 3.63) is 46.7 Å². The predicted molar refractivity (Wildman–Crippen MR) is 81.9 cm³/mol. The Labute approximate surface area is 129 Å². The SMILES string of the molecule is Cc1c(C(=O)N(C)CCOc2ccc(Cl)cc2)cnn1C. The summed E-state index contributed by atoms with van der Waals surface area (Å²) in [7, 11) is 3.57. The fourth-order valence-electron chi connectivity index (χ4n) is 1.85. The van der Waals surface area contributed by atoms with Gasteiger partial charge in [0.05, 0.1) is 18.3 Å². The Hall–Kier alpha value is -2.01. The topological polar surface area (TPSA) is 47.4 Å². The molecular weight excluding hydrogens is 290 g/mol. The van der Waals surface area contributed by atoms with E-state index in [1.165, 1.54) is 0 Å². The number of aryl methyl sites for hydroxylation is 1. The van der Waals surface area contributed by atoms with E-state index >= 15 is 0 Å². The summed E-state index contributed by atoms with van der Waals surface area (Å²) in [5, 5.41) is 4.75. The quantitative estimate of drug-likeness (QED) is 0.853. The van der Waals surface area contributed by atoms with E-state index in [1.807, 2.05) is 14.0 Å². The van der Waals surface area contributed by atoms with Gasteiger partial charge in [-0.3, -0.25) is 9.48 Å². The first-order valence-corrected chi connectivity index (χ1v) is 6.99. The van der Waals surface area contributed by atoms with Crippen LogP contribution >= 0.6 is 11.6 Å². The molecule has 0 unspecified atom stereocenters. The molecule has 0 fully saturated rings. The van der Waals surface area contributed by atoms with E-state index in [2.05, 4.69) is 5.10 Å². The summed E-state index contributed by atoms with van der Waals surface area (Å²) in [6.45, 7) is 2.79. The Morgan fingerprint density at radius 2 is 2.05 bits per heavy atom. The average molecular weight is 308 g/mol. The van der Waals surface area contributed by atoms with Gasteiger partial charge in [0.25, 0.3) is 5.91 Å². The zero-order valence-corrected chi connectivity index (χ0v) is 13.1. The van der Waals surface area contributed by atoms with Crippen molar-refractivity contribution in [3.63, 3.8) is 0 Å². The second-order valence-electron chi connectivity index (χ2n) is 4.80. The number of amides is 1. The summed E-state index contributed by atoms with van der Waals surface area (Å²) in [6, 6.07) is 7.14. The fraction of sp³-hybridized carbons (Fsp3) is 0.333. The van der Waals surface area contributed by atoms with Crippen molar-refractivity contribution in [1.29, 1.82) is 0 Å². The van der Waals surface area contributed by atoms with Gasteiger partial charge in [-0.25, -0.2) is 0 Å². The lowest BCUT2D eigenvalue weighted by atomic mass is 10.2. The molecule has 0 aliphatic rings. The van der Waals surface area contributed by atoms with Crippen molar-refractivity contribution in [2.45, 2.75) is 6.92 Å². The van der Waals surface area contributed by atoms with Gasteiger partial charge >= 0.3 is 0 Å². The molecule has 0 bridgehead atoms. The van der Waals surface area contributed by atoms with Crippen molar-refractivity contribution >= 4 is 17.5 Å². The van der Waals surface area contributed by atoms with Crippen LogP contribution in [0.2, 0.25) is 5.02 Å². The fourth-order valence-corrected chi connectivity index (χ4v) is 1.97. The van der Waals surface area contributed by atoms with Crippen LogP contribution < -0.4 is 4.74 Å². The molecule has 21 heavy (non-hydrogen) atoms. The molecule has 6 heteroatoms. The molecule has 0 spiro atoms. The maximum Gasteiger partial charge on any atom is 0.257 e. The van der Waals surface area contributed by atoms with Gasteiger partial charge in [0.2, 0.25) is 0 Å². The van der Waals surface area contributed by atoms with E-state index in [9.17, 15) is 4.79 Å². The van der Waals surface area contributed by atoms with Gasteiger partial charge in [-0.05, 0) is 31.2 Å². The lowest BCUT2D eigenvalue weighted by Gasteiger charge is -2.17. The van der Waals surface area contributed by atoms with Gasteiger partial charge in [-0.2, -0.15) is 5.10 Å². The molecule has 1 aromatic heterocycles. The van der Waals surface area contributed by atoms with Gasteiger partial charge < -0.3 is 9.64 Å². The van der Waals surface area contributed by atoms with E-state index in [-0.39, 0.29) is 5.91 Å². The number of likely N-dealkylation sites (N-methyl/N-ethyl adjacent to an activating group) is 1. The number of hydrogen-bond donors (Lipinski definition) is 0. The van der Waals surface area contributed by atoms with E-state index in [4.69, 9.17) is 16.3 Å². The molecular formula is C15H18ClN3O2. The minimum atomic E-state index is -0.0553. The first-order valence-electron chi connectivity index (χ1n) is 6.61. The lowest BCUT2D eigenvalue weighted by molar-refractivity contribution is 0.0773. The van der Waals surface area contributed by atoms with E-state index < -0.39 is 0 Å². The number of benzene rings is 1. The first-order chi connectivity index (χ1) is 9.99. The van der Waals surface area contributed by atoms with Crippen LogP contribution in [0.5, 0.6) is 5.75 Å². The zero-order chi connectivity index (χ0) is 15.4. The van der Waals surface area contributed by atoms with Crippen molar-refractivity contribution < 1.29 is 9.53 Å². The van der Waals surface area contributed by atoms with Gasteiger partial charge in [0, 0.05) is 24.8 Å².